The summed E-state index contributed by atoms with van der Waals surface area (Å²) in [7, 11) is 0. The zero-order valence-corrected chi connectivity index (χ0v) is 14.6. The molecule has 1 aliphatic rings. The van der Waals surface area contributed by atoms with Crippen LogP contribution in [0.1, 0.15) is 11.1 Å². The van der Waals surface area contributed by atoms with Crippen molar-refractivity contribution in [2.24, 2.45) is 0 Å². The van der Waals surface area contributed by atoms with Gasteiger partial charge in [0.1, 0.15) is 18.5 Å². The van der Waals surface area contributed by atoms with E-state index in [1.165, 1.54) is 11.1 Å². The first-order valence-corrected chi connectivity index (χ1v) is 8.98. The van der Waals surface area contributed by atoms with E-state index in [-0.39, 0.29) is 0 Å². The molecule has 1 aromatic heterocycles. The molecule has 0 bridgehead atoms. The Balaban J connectivity index is 1.27. The van der Waals surface area contributed by atoms with E-state index < -0.39 is 6.10 Å². The van der Waals surface area contributed by atoms with E-state index in [0.29, 0.717) is 13.2 Å². The lowest BCUT2D eigenvalue weighted by Gasteiger charge is -2.30. The minimum Gasteiger partial charge on any atom is -0.491 e. The Morgan fingerprint density at radius 1 is 1.08 bits per heavy atom. The molecule has 2 heterocycles. The van der Waals surface area contributed by atoms with E-state index in [1.807, 2.05) is 30.3 Å². The highest BCUT2D eigenvalue weighted by Gasteiger charge is 2.18. The van der Waals surface area contributed by atoms with Gasteiger partial charge in [-0.2, -0.15) is 5.10 Å². The van der Waals surface area contributed by atoms with Crippen molar-refractivity contribution in [1.29, 1.82) is 0 Å². The number of benzene rings is 2. The monoisotopic (exact) mass is 349 g/mol. The van der Waals surface area contributed by atoms with Gasteiger partial charge < -0.3 is 9.84 Å². The molecule has 1 unspecified atom stereocenters. The van der Waals surface area contributed by atoms with Crippen LogP contribution in [0.15, 0.2) is 60.8 Å². The molecular weight excluding hydrogens is 326 g/mol. The maximum atomic E-state index is 10.3. The lowest BCUT2D eigenvalue weighted by atomic mass is 10.00. The zero-order chi connectivity index (χ0) is 17.8. The Bertz CT molecular complexity index is 831. The molecule has 2 N–H and O–H groups in total. The van der Waals surface area contributed by atoms with Crippen molar-refractivity contribution in [3.05, 3.63) is 71.9 Å². The third-order valence-corrected chi connectivity index (χ3v) is 4.79. The molecule has 0 fully saturated rings. The highest BCUT2D eigenvalue weighted by molar-refractivity contribution is 5.59. The Morgan fingerprint density at radius 2 is 1.88 bits per heavy atom. The largest absolute Gasteiger partial charge is 0.491 e. The van der Waals surface area contributed by atoms with Crippen LogP contribution in [0.2, 0.25) is 0 Å². The summed E-state index contributed by atoms with van der Waals surface area (Å²) < 4.78 is 5.75. The van der Waals surface area contributed by atoms with Crippen LogP contribution in [0.3, 0.4) is 0 Å². The lowest BCUT2D eigenvalue weighted by Crippen LogP contribution is -2.38. The van der Waals surface area contributed by atoms with E-state index in [9.17, 15) is 5.11 Å². The standard InChI is InChI=1S/C21H23N3O2/c25-19(14-24-12-10-16-3-1-2-4-18(16)13-24)15-26-20-7-5-17(6-8-20)21-9-11-22-23-21/h1-9,11,19,25H,10,12-15H2,(H,22,23). The van der Waals surface area contributed by atoms with Crippen LogP contribution in [0.5, 0.6) is 5.75 Å². The number of H-pyrrole nitrogens is 1. The first-order chi connectivity index (χ1) is 12.8. The molecule has 0 spiro atoms. The molecule has 2 aromatic carbocycles. The summed E-state index contributed by atoms with van der Waals surface area (Å²) in [5.41, 5.74) is 4.82. The van der Waals surface area contributed by atoms with Crippen LogP contribution in [0.25, 0.3) is 11.3 Å². The van der Waals surface area contributed by atoms with Crippen LogP contribution in [0.4, 0.5) is 0 Å². The van der Waals surface area contributed by atoms with E-state index in [2.05, 4.69) is 39.4 Å². The molecule has 4 rings (SSSR count). The summed E-state index contributed by atoms with van der Waals surface area (Å²) >= 11 is 0. The number of β-amino-alcohol motifs (C(OH)–C–C–N with tert-alkyl or cyclic N) is 1. The van der Waals surface area contributed by atoms with Crippen LogP contribution in [-0.4, -0.2) is 46.0 Å². The fourth-order valence-electron chi connectivity index (χ4n) is 3.40. The molecule has 0 amide bonds. The molecule has 134 valence electrons. The van der Waals surface area contributed by atoms with Crippen LogP contribution < -0.4 is 4.74 Å². The predicted octanol–water partition coefficient (Wildman–Crippen LogP) is 2.87. The molecule has 0 saturated heterocycles. The van der Waals surface area contributed by atoms with Gasteiger partial charge in [-0.05, 0) is 53.4 Å². The number of nitrogens with zero attached hydrogens (tertiary/aromatic N) is 2. The number of aromatic amines is 1. The van der Waals surface area contributed by atoms with Crippen molar-refractivity contribution >= 4 is 0 Å². The van der Waals surface area contributed by atoms with Crippen molar-refractivity contribution in [3.63, 3.8) is 0 Å². The maximum absolute atomic E-state index is 10.3. The molecule has 0 aliphatic carbocycles. The van der Waals surface area contributed by atoms with Gasteiger partial charge in [-0.25, -0.2) is 0 Å². The van der Waals surface area contributed by atoms with Crippen molar-refractivity contribution < 1.29 is 9.84 Å². The lowest BCUT2D eigenvalue weighted by molar-refractivity contribution is 0.0638. The molecular formula is C21H23N3O2. The van der Waals surface area contributed by atoms with Crippen molar-refractivity contribution in [1.82, 2.24) is 15.1 Å². The fraction of sp³-hybridized carbons (Fsp3) is 0.286. The topological polar surface area (TPSA) is 61.4 Å². The number of nitrogens with one attached hydrogen (secondary N) is 1. The third kappa shape index (κ3) is 3.95. The molecule has 26 heavy (non-hydrogen) atoms. The number of fused-ring (bicyclic) bond motifs is 1. The van der Waals surface area contributed by atoms with Gasteiger partial charge in [0.15, 0.2) is 0 Å². The van der Waals surface area contributed by atoms with Gasteiger partial charge in [0.2, 0.25) is 0 Å². The first-order valence-electron chi connectivity index (χ1n) is 8.98. The highest BCUT2D eigenvalue weighted by atomic mass is 16.5. The second-order valence-corrected chi connectivity index (χ2v) is 6.71. The van der Waals surface area contributed by atoms with Gasteiger partial charge in [-0.15, -0.1) is 0 Å². The maximum Gasteiger partial charge on any atom is 0.119 e. The zero-order valence-electron chi connectivity index (χ0n) is 14.6. The van der Waals surface area contributed by atoms with E-state index in [1.54, 1.807) is 6.20 Å². The Morgan fingerprint density at radius 3 is 2.65 bits per heavy atom. The van der Waals surface area contributed by atoms with Crippen LogP contribution in [0, 0.1) is 0 Å². The molecule has 0 radical (unpaired) electrons. The summed E-state index contributed by atoms with van der Waals surface area (Å²) in [4.78, 5) is 2.29. The molecule has 5 nitrogen and oxygen atoms in total. The minimum absolute atomic E-state index is 0.293. The number of aromatic nitrogens is 2. The predicted molar refractivity (Wildman–Crippen MR) is 101 cm³/mol. The minimum atomic E-state index is -0.507. The summed E-state index contributed by atoms with van der Waals surface area (Å²) in [6, 6.07) is 18.3. The van der Waals surface area contributed by atoms with Gasteiger partial charge in [0.05, 0.1) is 5.69 Å². The second-order valence-electron chi connectivity index (χ2n) is 6.71. The SMILES string of the molecule is OC(COc1ccc(-c2ccn[nH]2)cc1)CN1CCc2ccccc2C1. The van der Waals surface area contributed by atoms with Gasteiger partial charge in [0.25, 0.3) is 0 Å². The van der Waals surface area contributed by atoms with E-state index in [4.69, 9.17) is 4.74 Å². The fourth-order valence-corrected chi connectivity index (χ4v) is 3.40. The quantitative estimate of drug-likeness (QED) is 0.718. The average molecular weight is 349 g/mol. The van der Waals surface area contributed by atoms with Gasteiger partial charge in [-0.1, -0.05) is 24.3 Å². The van der Waals surface area contributed by atoms with E-state index in [0.717, 1.165) is 36.5 Å². The number of rotatable bonds is 6. The second kappa shape index (κ2) is 7.72. The number of hydrogen-bond donors (Lipinski definition) is 2. The number of hydrogen-bond acceptors (Lipinski definition) is 4. The third-order valence-electron chi connectivity index (χ3n) is 4.79. The molecule has 1 aliphatic heterocycles. The van der Waals surface area contributed by atoms with Crippen LogP contribution >= 0.6 is 0 Å². The Hall–Kier alpha value is -2.63. The van der Waals surface area contributed by atoms with Gasteiger partial charge in [0, 0.05) is 25.8 Å². The number of aliphatic hydroxyl groups is 1. The Labute approximate surface area is 153 Å². The van der Waals surface area contributed by atoms with Crippen molar-refractivity contribution in [2.75, 3.05) is 19.7 Å². The average Bonchev–Trinajstić information content (AvgIpc) is 3.21. The Kier molecular flexibility index (Phi) is 5.00. The number of ether oxygens (including phenoxy) is 1. The number of aliphatic hydroxyl groups excluding tert-OH is 1. The first kappa shape index (κ1) is 16.8. The normalized spacial score (nSPS) is 15.4. The summed E-state index contributed by atoms with van der Waals surface area (Å²) in [6.45, 7) is 2.79. The summed E-state index contributed by atoms with van der Waals surface area (Å²) in [5, 5.41) is 17.2. The van der Waals surface area contributed by atoms with Crippen molar-refractivity contribution in [2.45, 2.75) is 19.1 Å². The molecule has 0 saturated carbocycles. The van der Waals surface area contributed by atoms with E-state index >= 15 is 0 Å². The summed E-state index contributed by atoms with van der Waals surface area (Å²) in [5.74, 6) is 0.760. The summed E-state index contributed by atoms with van der Waals surface area (Å²) in [6.07, 6.45) is 2.26. The molecule has 1 atom stereocenters. The molecule has 5 heteroatoms. The van der Waals surface area contributed by atoms with Crippen molar-refractivity contribution in [3.8, 4) is 17.0 Å². The van der Waals surface area contributed by atoms with Gasteiger partial charge >= 0.3 is 0 Å². The smallest absolute Gasteiger partial charge is 0.119 e. The highest BCUT2D eigenvalue weighted by Crippen LogP contribution is 2.21. The van der Waals surface area contributed by atoms with Crippen LogP contribution in [-0.2, 0) is 13.0 Å². The van der Waals surface area contributed by atoms with Gasteiger partial charge in [-0.3, -0.25) is 10.00 Å². The molecule has 3 aromatic rings.